The molecule has 2 aromatic rings. The van der Waals surface area contributed by atoms with Crippen LogP contribution in [0.5, 0.6) is 0 Å². The summed E-state index contributed by atoms with van der Waals surface area (Å²) in [7, 11) is 0. The molecular weight excluding hydrogens is 248 g/mol. The van der Waals surface area contributed by atoms with Gasteiger partial charge < -0.3 is 10.3 Å². The monoisotopic (exact) mass is 262 g/mol. The second-order valence-electron chi connectivity index (χ2n) is 4.78. The molecule has 0 spiro atoms. The van der Waals surface area contributed by atoms with Gasteiger partial charge in [0.05, 0.1) is 0 Å². The van der Waals surface area contributed by atoms with Gasteiger partial charge in [-0.25, -0.2) is 0 Å². The Kier molecular flexibility index (Phi) is 3.00. The van der Waals surface area contributed by atoms with Crippen LogP contribution in [-0.2, 0) is 11.2 Å². The van der Waals surface area contributed by atoms with Gasteiger partial charge in [0.25, 0.3) is 0 Å². The minimum atomic E-state index is 0.187. The smallest absolute Gasteiger partial charge is 0.223 e. The van der Waals surface area contributed by atoms with Gasteiger partial charge in [0.2, 0.25) is 5.91 Å². The third-order valence-corrected chi connectivity index (χ3v) is 3.77. The summed E-state index contributed by atoms with van der Waals surface area (Å²) in [5.74, 6) is 0.455. The molecule has 1 aliphatic rings. The van der Waals surface area contributed by atoms with E-state index in [0.717, 1.165) is 40.8 Å². The van der Waals surface area contributed by atoms with Crippen molar-refractivity contribution in [3.8, 4) is 0 Å². The number of nitrogens with one attached hydrogen (secondary N) is 2. The van der Waals surface area contributed by atoms with Crippen molar-refractivity contribution in [1.29, 1.82) is 0 Å². The van der Waals surface area contributed by atoms with E-state index in [2.05, 4.69) is 10.3 Å². The lowest BCUT2D eigenvalue weighted by atomic mass is 10.1. The summed E-state index contributed by atoms with van der Waals surface area (Å²) in [6.07, 6.45) is 4.76. The zero-order valence-corrected chi connectivity index (χ0v) is 10.8. The molecule has 3 rings (SSSR count). The van der Waals surface area contributed by atoms with Crippen LogP contribution in [-0.4, -0.2) is 17.4 Å². The van der Waals surface area contributed by atoms with Crippen molar-refractivity contribution >= 4 is 28.4 Å². The molecule has 1 aromatic carbocycles. The number of halogens is 1. The maximum atomic E-state index is 11.5. The zero-order chi connectivity index (χ0) is 12.5. The molecule has 2 N–H and O–H groups in total. The standard InChI is InChI=1S/C14H15ClN2O/c15-12-3-4-13-11(6-7-16-13)10(12)5-8-17-14(18)9-1-2-9/h3-4,6-7,9,16H,1-2,5,8H2,(H,17,18). The van der Waals surface area contributed by atoms with Crippen LogP contribution in [0.25, 0.3) is 10.9 Å². The molecule has 18 heavy (non-hydrogen) atoms. The van der Waals surface area contributed by atoms with E-state index in [1.54, 1.807) is 0 Å². The van der Waals surface area contributed by atoms with Crippen molar-refractivity contribution in [2.75, 3.05) is 6.54 Å². The minimum Gasteiger partial charge on any atom is -0.361 e. The topological polar surface area (TPSA) is 44.9 Å². The molecule has 1 aliphatic carbocycles. The van der Waals surface area contributed by atoms with Crippen molar-refractivity contribution in [2.45, 2.75) is 19.3 Å². The Balaban J connectivity index is 1.71. The molecule has 1 aromatic heterocycles. The van der Waals surface area contributed by atoms with Crippen LogP contribution in [0.1, 0.15) is 18.4 Å². The van der Waals surface area contributed by atoms with E-state index in [-0.39, 0.29) is 11.8 Å². The summed E-state index contributed by atoms with van der Waals surface area (Å²) in [5, 5.41) is 4.88. The van der Waals surface area contributed by atoms with Gasteiger partial charge in [-0.2, -0.15) is 0 Å². The third kappa shape index (κ3) is 2.23. The van der Waals surface area contributed by atoms with Crippen LogP contribution in [0.15, 0.2) is 24.4 Å². The van der Waals surface area contributed by atoms with Crippen LogP contribution in [0.4, 0.5) is 0 Å². The van der Waals surface area contributed by atoms with E-state index in [0.29, 0.717) is 6.54 Å². The lowest BCUT2D eigenvalue weighted by molar-refractivity contribution is -0.122. The maximum Gasteiger partial charge on any atom is 0.223 e. The number of benzene rings is 1. The van der Waals surface area contributed by atoms with Crippen LogP contribution in [0, 0.1) is 5.92 Å². The summed E-state index contributed by atoms with van der Waals surface area (Å²) >= 11 is 6.22. The average molecular weight is 263 g/mol. The molecule has 4 heteroatoms. The first-order chi connectivity index (χ1) is 8.75. The van der Waals surface area contributed by atoms with Gasteiger partial charge in [0, 0.05) is 34.6 Å². The number of aromatic nitrogens is 1. The highest BCUT2D eigenvalue weighted by molar-refractivity contribution is 6.32. The van der Waals surface area contributed by atoms with E-state index < -0.39 is 0 Å². The number of amides is 1. The van der Waals surface area contributed by atoms with E-state index in [1.165, 1.54) is 0 Å². The Labute approximate surface area is 111 Å². The van der Waals surface area contributed by atoms with E-state index in [9.17, 15) is 4.79 Å². The fraction of sp³-hybridized carbons (Fsp3) is 0.357. The van der Waals surface area contributed by atoms with Gasteiger partial charge >= 0.3 is 0 Å². The SMILES string of the molecule is O=C(NCCc1c(Cl)ccc2[nH]ccc12)C1CC1. The Hall–Kier alpha value is -1.48. The van der Waals surface area contributed by atoms with Crippen molar-refractivity contribution in [1.82, 2.24) is 10.3 Å². The summed E-state index contributed by atoms with van der Waals surface area (Å²) in [5.41, 5.74) is 2.19. The Morgan fingerprint density at radius 2 is 2.22 bits per heavy atom. The largest absolute Gasteiger partial charge is 0.361 e. The average Bonchev–Trinajstić information content (AvgIpc) is 3.10. The Morgan fingerprint density at radius 1 is 1.39 bits per heavy atom. The molecular formula is C14H15ClN2O. The molecule has 0 bridgehead atoms. The lowest BCUT2D eigenvalue weighted by Crippen LogP contribution is -2.27. The highest BCUT2D eigenvalue weighted by atomic mass is 35.5. The quantitative estimate of drug-likeness (QED) is 0.874. The Bertz CT molecular complexity index is 586. The maximum absolute atomic E-state index is 11.5. The fourth-order valence-corrected chi connectivity index (χ4v) is 2.48. The van der Waals surface area contributed by atoms with Crippen LogP contribution >= 0.6 is 11.6 Å². The first-order valence-electron chi connectivity index (χ1n) is 6.28. The predicted molar refractivity (Wildman–Crippen MR) is 72.7 cm³/mol. The van der Waals surface area contributed by atoms with Gasteiger partial charge in [-0.3, -0.25) is 4.79 Å². The van der Waals surface area contributed by atoms with Crippen LogP contribution < -0.4 is 5.32 Å². The van der Waals surface area contributed by atoms with Crippen molar-refractivity contribution in [3.05, 3.63) is 35.0 Å². The summed E-state index contributed by atoms with van der Waals surface area (Å²) in [6.45, 7) is 0.652. The predicted octanol–water partition coefficient (Wildman–Crippen LogP) is 2.89. The number of hydrogen-bond donors (Lipinski definition) is 2. The van der Waals surface area contributed by atoms with Crippen molar-refractivity contribution < 1.29 is 4.79 Å². The van der Waals surface area contributed by atoms with Crippen molar-refractivity contribution in [2.24, 2.45) is 5.92 Å². The van der Waals surface area contributed by atoms with Gasteiger partial charge in [0.1, 0.15) is 0 Å². The second kappa shape index (κ2) is 4.65. The molecule has 3 nitrogen and oxygen atoms in total. The van der Waals surface area contributed by atoms with E-state index in [1.807, 2.05) is 24.4 Å². The molecule has 0 unspecified atom stereocenters. The highest BCUT2D eigenvalue weighted by Crippen LogP contribution is 2.29. The number of H-pyrrole nitrogens is 1. The number of fused-ring (bicyclic) bond motifs is 1. The zero-order valence-electron chi connectivity index (χ0n) is 10.0. The number of carbonyl (C=O) groups is 1. The summed E-state index contributed by atoms with van der Waals surface area (Å²) < 4.78 is 0. The van der Waals surface area contributed by atoms with Gasteiger partial charge in [0.15, 0.2) is 0 Å². The molecule has 0 radical (unpaired) electrons. The molecule has 1 saturated carbocycles. The fourth-order valence-electron chi connectivity index (χ4n) is 2.22. The molecule has 1 heterocycles. The number of rotatable bonds is 4. The van der Waals surface area contributed by atoms with E-state index >= 15 is 0 Å². The number of aromatic amines is 1. The molecule has 0 saturated heterocycles. The highest BCUT2D eigenvalue weighted by Gasteiger charge is 2.29. The van der Waals surface area contributed by atoms with E-state index in [4.69, 9.17) is 11.6 Å². The number of hydrogen-bond acceptors (Lipinski definition) is 1. The first kappa shape index (κ1) is 11.6. The Morgan fingerprint density at radius 3 is 3.00 bits per heavy atom. The molecule has 0 aliphatic heterocycles. The molecule has 1 fully saturated rings. The summed E-state index contributed by atoms with van der Waals surface area (Å²) in [6, 6.07) is 5.90. The number of carbonyl (C=O) groups excluding carboxylic acids is 1. The van der Waals surface area contributed by atoms with Crippen LogP contribution in [0.3, 0.4) is 0 Å². The normalized spacial score (nSPS) is 14.9. The lowest BCUT2D eigenvalue weighted by Gasteiger charge is -2.07. The van der Waals surface area contributed by atoms with Crippen molar-refractivity contribution in [3.63, 3.8) is 0 Å². The molecule has 1 amide bonds. The van der Waals surface area contributed by atoms with Gasteiger partial charge in [-0.1, -0.05) is 11.6 Å². The third-order valence-electron chi connectivity index (χ3n) is 3.41. The minimum absolute atomic E-state index is 0.187. The molecule has 0 atom stereocenters. The van der Waals surface area contributed by atoms with Crippen LogP contribution in [0.2, 0.25) is 5.02 Å². The molecule has 94 valence electrons. The van der Waals surface area contributed by atoms with Gasteiger partial charge in [-0.05, 0) is 43.0 Å². The second-order valence-corrected chi connectivity index (χ2v) is 5.19. The first-order valence-corrected chi connectivity index (χ1v) is 6.65. The summed E-state index contributed by atoms with van der Waals surface area (Å²) in [4.78, 5) is 14.7. The van der Waals surface area contributed by atoms with Gasteiger partial charge in [-0.15, -0.1) is 0 Å².